The van der Waals surface area contributed by atoms with Crippen molar-refractivity contribution >= 4 is 22.8 Å². The van der Waals surface area contributed by atoms with Gasteiger partial charge >= 0.3 is 0 Å². The minimum atomic E-state index is -0.247. The van der Waals surface area contributed by atoms with Gasteiger partial charge in [-0.2, -0.15) is 0 Å². The molecule has 0 aliphatic heterocycles. The zero-order valence-corrected chi connectivity index (χ0v) is 11.4. The average Bonchev–Trinajstić information content (AvgIpc) is 2.90. The van der Waals surface area contributed by atoms with Crippen molar-refractivity contribution in [3.05, 3.63) is 65.7 Å². The second-order valence-electron chi connectivity index (χ2n) is 4.76. The molecule has 0 atom stereocenters. The van der Waals surface area contributed by atoms with E-state index in [1.165, 1.54) is 13.0 Å². The minimum Gasteiger partial charge on any atom is -0.398 e. The van der Waals surface area contributed by atoms with Crippen LogP contribution in [0.25, 0.3) is 5.52 Å². The number of imidazole rings is 1. The van der Waals surface area contributed by atoms with Crippen LogP contribution in [0.5, 0.6) is 0 Å². The molecule has 2 heterocycles. The van der Waals surface area contributed by atoms with Gasteiger partial charge in [0.1, 0.15) is 0 Å². The molecule has 2 N–H and O–H groups in total. The molecule has 2 aromatic heterocycles. The van der Waals surface area contributed by atoms with E-state index < -0.39 is 0 Å². The normalized spacial score (nSPS) is 10.7. The Morgan fingerprint density at radius 2 is 2.00 bits per heavy atom. The molecule has 0 fully saturated rings. The van der Waals surface area contributed by atoms with Crippen LogP contribution in [0.2, 0.25) is 0 Å². The Kier molecular flexibility index (Phi) is 3.02. The number of pyridine rings is 1. The molecule has 0 unspecified atom stereocenters. The zero-order chi connectivity index (χ0) is 15.0. The Morgan fingerprint density at radius 1 is 1.19 bits per heavy atom. The van der Waals surface area contributed by atoms with Crippen molar-refractivity contribution in [2.45, 2.75) is 6.92 Å². The molecule has 21 heavy (non-hydrogen) atoms. The van der Waals surface area contributed by atoms with E-state index in [0.717, 1.165) is 5.52 Å². The van der Waals surface area contributed by atoms with Crippen molar-refractivity contribution in [1.29, 1.82) is 0 Å². The molecule has 0 spiro atoms. The number of nitrogens with zero attached hydrogens (tertiary/aromatic N) is 2. The summed E-state index contributed by atoms with van der Waals surface area (Å²) in [6, 6.07) is 10.3. The summed E-state index contributed by atoms with van der Waals surface area (Å²) < 4.78 is 1.71. The van der Waals surface area contributed by atoms with Crippen LogP contribution >= 0.6 is 0 Å². The number of carbonyl (C=O) groups excluding carboxylic acids is 2. The summed E-state index contributed by atoms with van der Waals surface area (Å²) in [6.45, 7) is 1.42. The fourth-order valence-corrected chi connectivity index (χ4v) is 2.24. The summed E-state index contributed by atoms with van der Waals surface area (Å²) in [4.78, 5) is 28.3. The highest BCUT2D eigenvalue weighted by Crippen LogP contribution is 2.18. The molecule has 104 valence electrons. The first kappa shape index (κ1) is 13.1. The zero-order valence-electron chi connectivity index (χ0n) is 11.4. The van der Waals surface area contributed by atoms with Gasteiger partial charge in [-0.3, -0.25) is 14.0 Å². The van der Waals surface area contributed by atoms with Gasteiger partial charge in [0.15, 0.2) is 11.6 Å². The van der Waals surface area contributed by atoms with Gasteiger partial charge in [0.2, 0.25) is 5.78 Å². The lowest BCUT2D eigenvalue weighted by Crippen LogP contribution is -2.09. The van der Waals surface area contributed by atoms with Gasteiger partial charge in [0.25, 0.3) is 0 Å². The number of anilines is 1. The molecule has 1 aromatic carbocycles. The maximum Gasteiger partial charge on any atom is 0.228 e. The number of nitrogen functional groups attached to an aromatic ring is 1. The van der Waals surface area contributed by atoms with Gasteiger partial charge in [0, 0.05) is 23.0 Å². The van der Waals surface area contributed by atoms with Crippen LogP contribution in [-0.4, -0.2) is 21.0 Å². The van der Waals surface area contributed by atoms with Crippen LogP contribution in [0.15, 0.2) is 48.8 Å². The van der Waals surface area contributed by atoms with Crippen molar-refractivity contribution in [2.75, 3.05) is 5.73 Å². The molecule has 0 aliphatic carbocycles. The smallest absolute Gasteiger partial charge is 0.228 e. The van der Waals surface area contributed by atoms with E-state index in [0.29, 0.717) is 22.6 Å². The number of hydrogen-bond acceptors (Lipinski definition) is 4. The molecular formula is C16H13N3O2. The number of Topliss-reactive ketones (excluding diaryl/α,β-unsaturated/α-hetero) is 1. The predicted octanol–water partition coefficient (Wildman–Crippen LogP) is 2.35. The number of ketones is 2. The first-order chi connectivity index (χ1) is 10.1. The van der Waals surface area contributed by atoms with E-state index in [9.17, 15) is 9.59 Å². The molecule has 5 nitrogen and oxygen atoms in total. The molecule has 0 bridgehead atoms. The van der Waals surface area contributed by atoms with E-state index in [2.05, 4.69) is 4.98 Å². The third-order valence-corrected chi connectivity index (χ3v) is 3.34. The lowest BCUT2D eigenvalue weighted by Gasteiger charge is -2.05. The predicted molar refractivity (Wildman–Crippen MR) is 79.5 cm³/mol. The number of aromatic nitrogens is 2. The topological polar surface area (TPSA) is 77.5 Å². The van der Waals surface area contributed by atoms with Gasteiger partial charge in [-0.15, -0.1) is 0 Å². The van der Waals surface area contributed by atoms with Crippen LogP contribution in [0, 0.1) is 0 Å². The Labute approximate surface area is 121 Å². The third-order valence-electron chi connectivity index (χ3n) is 3.34. The number of benzene rings is 1. The van der Waals surface area contributed by atoms with E-state index in [4.69, 9.17) is 5.73 Å². The Morgan fingerprint density at radius 3 is 2.76 bits per heavy atom. The highest BCUT2D eigenvalue weighted by Gasteiger charge is 2.17. The van der Waals surface area contributed by atoms with Crippen LogP contribution in [0.4, 0.5) is 5.69 Å². The summed E-state index contributed by atoms with van der Waals surface area (Å²) in [5, 5.41) is 0. The summed E-state index contributed by atoms with van der Waals surface area (Å²) in [6.07, 6.45) is 3.41. The average molecular weight is 279 g/mol. The van der Waals surface area contributed by atoms with E-state index in [-0.39, 0.29) is 11.6 Å². The Balaban J connectivity index is 2.10. The van der Waals surface area contributed by atoms with Crippen molar-refractivity contribution in [1.82, 2.24) is 9.38 Å². The van der Waals surface area contributed by atoms with Gasteiger partial charge < -0.3 is 5.73 Å². The second kappa shape index (κ2) is 4.86. The van der Waals surface area contributed by atoms with Crippen LogP contribution in [-0.2, 0) is 0 Å². The van der Waals surface area contributed by atoms with Gasteiger partial charge in [-0.1, -0.05) is 6.07 Å². The maximum atomic E-state index is 12.6. The van der Waals surface area contributed by atoms with Crippen molar-refractivity contribution in [2.24, 2.45) is 0 Å². The molecule has 0 aliphatic rings. The summed E-state index contributed by atoms with van der Waals surface area (Å²) in [5.41, 5.74) is 7.69. The summed E-state index contributed by atoms with van der Waals surface area (Å²) in [7, 11) is 0. The van der Waals surface area contributed by atoms with E-state index in [1.54, 1.807) is 28.9 Å². The van der Waals surface area contributed by atoms with Crippen molar-refractivity contribution in [3.63, 3.8) is 0 Å². The molecule has 0 saturated heterocycles. The van der Waals surface area contributed by atoms with E-state index >= 15 is 0 Å². The second-order valence-corrected chi connectivity index (χ2v) is 4.76. The van der Waals surface area contributed by atoms with Crippen molar-refractivity contribution < 1.29 is 9.59 Å². The monoisotopic (exact) mass is 279 g/mol. The minimum absolute atomic E-state index is 0.171. The van der Waals surface area contributed by atoms with Crippen LogP contribution in [0.3, 0.4) is 0 Å². The highest BCUT2D eigenvalue weighted by molar-refractivity contribution is 6.09. The highest BCUT2D eigenvalue weighted by atomic mass is 16.1. The largest absolute Gasteiger partial charge is 0.398 e. The summed E-state index contributed by atoms with van der Waals surface area (Å²) in [5.74, 6) is -0.108. The molecule has 0 saturated carbocycles. The first-order valence-electron chi connectivity index (χ1n) is 6.45. The van der Waals surface area contributed by atoms with E-state index in [1.807, 2.05) is 18.2 Å². The molecule has 5 heteroatoms. The fraction of sp³-hybridized carbons (Fsp3) is 0.0625. The van der Waals surface area contributed by atoms with Gasteiger partial charge in [-0.05, 0) is 37.3 Å². The molecule has 3 aromatic rings. The number of carbonyl (C=O) groups is 2. The maximum absolute atomic E-state index is 12.6. The first-order valence-corrected chi connectivity index (χ1v) is 6.45. The lowest BCUT2D eigenvalue weighted by atomic mass is 10.0. The number of hydrogen-bond donors (Lipinski definition) is 1. The molecular weight excluding hydrogens is 266 g/mol. The van der Waals surface area contributed by atoms with Crippen LogP contribution < -0.4 is 5.73 Å². The SMILES string of the molecule is CC(=O)c1cc(C(=O)c2ncc3ccccn23)ccc1N. The molecule has 0 amide bonds. The number of rotatable bonds is 3. The standard InChI is InChI=1S/C16H13N3O2/c1-10(20)13-8-11(5-6-14(13)17)15(21)16-18-9-12-4-2-3-7-19(12)16/h2-9H,17H2,1H3. The third kappa shape index (κ3) is 2.18. The number of fused-ring (bicyclic) bond motifs is 1. The van der Waals surface area contributed by atoms with Crippen molar-refractivity contribution in [3.8, 4) is 0 Å². The van der Waals surface area contributed by atoms with Crippen LogP contribution in [0.1, 0.15) is 33.5 Å². The Hall–Kier alpha value is -2.95. The molecule has 3 rings (SSSR count). The Bertz CT molecular complexity index is 865. The molecule has 0 radical (unpaired) electrons. The number of nitrogens with two attached hydrogens (primary N) is 1. The fourth-order valence-electron chi connectivity index (χ4n) is 2.24. The van der Waals surface area contributed by atoms with Gasteiger partial charge in [-0.25, -0.2) is 4.98 Å². The van der Waals surface area contributed by atoms with Gasteiger partial charge in [0.05, 0.1) is 11.7 Å². The lowest BCUT2D eigenvalue weighted by molar-refractivity contribution is 0.101. The summed E-state index contributed by atoms with van der Waals surface area (Å²) >= 11 is 0. The quantitative estimate of drug-likeness (QED) is 0.589.